The number of nitrogens with one attached hydrogen (secondary N) is 1. The van der Waals surface area contributed by atoms with Crippen molar-refractivity contribution < 1.29 is 15.0 Å². The summed E-state index contributed by atoms with van der Waals surface area (Å²) in [6.07, 6.45) is 3.00. The first-order valence-electron chi connectivity index (χ1n) is 5.89. The molecule has 1 aliphatic heterocycles. The normalized spacial score (nSPS) is 24.5. The van der Waals surface area contributed by atoms with Gasteiger partial charge < -0.3 is 15.5 Å². The zero-order chi connectivity index (χ0) is 12.3. The van der Waals surface area contributed by atoms with Crippen LogP contribution in [0.1, 0.15) is 24.8 Å². The Morgan fingerprint density at radius 1 is 1.41 bits per heavy atom. The molecule has 1 unspecified atom stereocenters. The number of benzene rings is 1. The van der Waals surface area contributed by atoms with Gasteiger partial charge in [-0.3, -0.25) is 4.79 Å². The lowest BCUT2D eigenvalue weighted by Crippen LogP contribution is -2.56. The van der Waals surface area contributed by atoms with Crippen LogP contribution in [0.2, 0.25) is 0 Å². The fourth-order valence-electron chi connectivity index (χ4n) is 2.39. The Morgan fingerprint density at radius 2 is 2.24 bits per heavy atom. The number of phenols is 1. The minimum Gasteiger partial charge on any atom is -0.508 e. The Balaban J connectivity index is 2.20. The fraction of sp³-hybridized carbons (Fsp3) is 0.462. The summed E-state index contributed by atoms with van der Waals surface area (Å²) in [4.78, 5) is 11.4. The average Bonchev–Trinajstić information content (AvgIpc) is 2.30. The highest BCUT2D eigenvalue weighted by molar-refractivity contribution is 5.79. The van der Waals surface area contributed by atoms with Gasteiger partial charge in [0.2, 0.25) is 0 Å². The van der Waals surface area contributed by atoms with Crippen LogP contribution in [0.3, 0.4) is 0 Å². The zero-order valence-electron chi connectivity index (χ0n) is 9.65. The van der Waals surface area contributed by atoms with Gasteiger partial charge in [0.25, 0.3) is 0 Å². The van der Waals surface area contributed by atoms with E-state index < -0.39 is 11.5 Å². The van der Waals surface area contributed by atoms with Crippen molar-refractivity contribution in [2.45, 2.75) is 31.2 Å². The van der Waals surface area contributed by atoms with Crippen molar-refractivity contribution in [1.29, 1.82) is 0 Å². The number of hydrogen-bond donors (Lipinski definition) is 3. The van der Waals surface area contributed by atoms with E-state index in [1.807, 2.05) is 6.07 Å². The van der Waals surface area contributed by atoms with Crippen LogP contribution < -0.4 is 5.32 Å². The van der Waals surface area contributed by atoms with Gasteiger partial charge >= 0.3 is 5.97 Å². The summed E-state index contributed by atoms with van der Waals surface area (Å²) in [5.41, 5.74) is -0.0201. The van der Waals surface area contributed by atoms with Crippen molar-refractivity contribution >= 4 is 5.97 Å². The van der Waals surface area contributed by atoms with E-state index in [4.69, 9.17) is 0 Å². The number of phenolic OH excluding ortho intramolecular Hbond substituents is 1. The largest absolute Gasteiger partial charge is 0.508 e. The molecule has 1 aromatic rings. The standard InChI is InChI=1S/C13H17NO3/c15-11-5-3-4-10(8-11)9-13(12(16)17)6-1-2-7-14-13/h3-5,8,14-15H,1-2,6-7,9H2,(H,16,17). The first kappa shape index (κ1) is 11.9. The third-order valence-corrected chi connectivity index (χ3v) is 3.32. The maximum Gasteiger partial charge on any atom is 0.324 e. The van der Waals surface area contributed by atoms with Crippen LogP contribution in [-0.2, 0) is 11.2 Å². The molecular formula is C13H17NO3. The minimum absolute atomic E-state index is 0.179. The van der Waals surface area contributed by atoms with E-state index in [0.29, 0.717) is 12.8 Å². The fourth-order valence-corrected chi connectivity index (χ4v) is 2.39. The van der Waals surface area contributed by atoms with Gasteiger partial charge in [0.15, 0.2) is 0 Å². The van der Waals surface area contributed by atoms with Gasteiger partial charge in [-0.25, -0.2) is 0 Å². The second-order valence-corrected chi connectivity index (χ2v) is 4.62. The molecule has 0 aromatic heterocycles. The number of aliphatic carboxylic acids is 1. The zero-order valence-corrected chi connectivity index (χ0v) is 9.65. The average molecular weight is 235 g/mol. The van der Waals surface area contributed by atoms with Gasteiger partial charge in [-0.15, -0.1) is 0 Å². The molecule has 17 heavy (non-hydrogen) atoms. The van der Waals surface area contributed by atoms with Gasteiger partial charge in [-0.05, 0) is 43.5 Å². The Kier molecular flexibility index (Phi) is 3.33. The quantitative estimate of drug-likeness (QED) is 0.743. The summed E-state index contributed by atoms with van der Waals surface area (Å²) in [5, 5.41) is 21.9. The number of aromatic hydroxyl groups is 1. The van der Waals surface area contributed by atoms with E-state index in [0.717, 1.165) is 24.9 Å². The van der Waals surface area contributed by atoms with E-state index in [1.165, 1.54) is 0 Å². The number of carbonyl (C=O) groups is 1. The third kappa shape index (κ3) is 2.58. The van der Waals surface area contributed by atoms with Crippen LogP contribution in [0.25, 0.3) is 0 Å². The predicted molar refractivity (Wildman–Crippen MR) is 64.0 cm³/mol. The highest BCUT2D eigenvalue weighted by Crippen LogP contribution is 2.25. The molecule has 1 saturated heterocycles. The summed E-state index contributed by atoms with van der Waals surface area (Å²) < 4.78 is 0. The molecule has 0 amide bonds. The lowest BCUT2D eigenvalue weighted by molar-refractivity contribution is -0.146. The molecule has 0 saturated carbocycles. The van der Waals surface area contributed by atoms with Gasteiger partial charge in [0, 0.05) is 6.42 Å². The van der Waals surface area contributed by atoms with Crippen molar-refractivity contribution in [3.05, 3.63) is 29.8 Å². The first-order valence-corrected chi connectivity index (χ1v) is 5.89. The Morgan fingerprint density at radius 3 is 2.82 bits per heavy atom. The lowest BCUT2D eigenvalue weighted by atomic mass is 9.83. The molecule has 0 aliphatic carbocycles. The van der Waals surface area contributed by atoms with E-state index in [1.54, 1.807) is 18.2 Å². The number of carboxylic acid groups (broad SMARTS) is 1. The van der Waals surface area contributed by atoms with Crippen molar-refractivity contribution in [2.75, 3.05) is 6.54 Å². The summed E-state index contributed by atoms with van der Waals surface area (Å²) >= 11 is 0. The maximum atomic E-state index is 11.4. The number of piperidine rings is 1. The minimum atomic E-state index is -0.869. The molecule has 0 spiro atoms. The van der Waals surface area contributed by atoms with E-state index in [2.05, 4.69) is 5.32 Å². The smallest absolute Gasteiger partial charge is 0.324 e. The van der Waals surface area contributed by atoms with Crippen LogP contribution in [0, 0.1) is 0 Å². The molecule has 92 valence electrons. The van der Waals surface area contributed by atoms with E-state index in [9.17, 15) is 15.0 Å². The molecule has 0 radical (unpaired) electrons. The van der Waals surface area contributed by atoms with Crippen LogP contribution in [0.5, 0.6) is 5.75 Å². The van der Waals surface area contributed by atoms with Gasteiger partial charge in [-0.1, -0.05) is 12.1 Å². The van der Waals surface area contributed by atoms with Crippen LogP contribution in [0.4, 0.5) is 0 Å². The SMILES string of the molecule is O=C(O)C1(Cc2cccc(O)c2)CCCCN1. The molecule has 1 heterocycles. The van der Waals surface area contributed by atoms with Crippen LogP contribution in [0.15, 0.2) is 24.3 Å². The molecular weight excluding hydrogens is 218 g/mol. The number of rotatable bonds is 3. The van der Waals surface area contributed by atoms with E-state index >= 15 is 0 Å². The molecule has 4 heteroatoms. The maximum absolute atomic E-state index is 11.4. The lowest BCUT2D eigenvalue weighted by Gasteiger charge is -2.34. The van der Waals surface area contributed by atoms with Crippen molar-refractivity contribution in [2.24, 2.45) is 0 Å². The second kappa shape index (κ2) is 4.75. The number of hydrogen-bond acceptors (Lipinski definition) is 3. The Bertz CT molecular complexity index is 411. The molecule has 0 bridgehead atoms. The summed E-state index contributed by atoms with van der Waals surface area (Å²) in [7, 11) is 0. The first-order chi connectivity index (χ1) is 8.12. The summed E-state index contributed by atoms with van der Waals surface area (Å²) in [6.45, 7) is 0.741. The summed E-state index contributed by atoms with van der Waals surface area (Å²) in [5.74, 6) is -0.626. The molecule has 3 N–H and O–H groups in total. The molecule has 1 aromatic carbocycles. The van der Waals surface area contributed by atoms with E-state index in [-0.39, 0.29) is 5.75 Å². The monoisotopic (exact) mass is 235 g/mol. The van der Waals surface area contributed by atoms with Crippen molar-refractivity contribution in [3.8, 4) is 5.75 Å². The predicted octanol–water partition coefficient (Wildman–Crippen LogP) is 1.53. The molecule has 4 nitrogen and oxygen atoms in total. The molecule has 2 rings (SSSR count). The van der Waals surface area contributed by atoms with Crippen LogP contribution >= 0.6 is 0 Å². The molecule has 1 fully saturated rings. The summed E-state index contributed by atoms with van der Waals surface area (Å²) in [6, 6.07) is 6.80. The second-order valence-electron chi connectivity index (χ2n) is 4.62. The topological polar surface area (TPSA) is 69.6 Å². The highest BCUT2D eigenvalue weighted by atomic mass is 16.4. The Labute approximate surface area is 100 Å². The highest BCUT2D eigenvalue weighted by Gasteiger charge is 2.39. The Hall–Kier alpha value is -1.55. The number of carboxylic acids is 1. The van der Waals surface area contributed by atoms with Crippen LogP contribution in [-0.4, -0.2) is 28.3 Å². The van der Waals surface area contributed by atoms with Gasteiger partial charge in [0.1, 0.15) is 11.3 Å². The van der Waals surface area contributed by atoms with Crippen molar-refractivity contribution in [3.63, 3.8) is 0 Å². The molecule has 1 atom stereocenters. The molecule has 1 aliphatic rings. The van der Waals surface area contributed by atoms with Gasteiger partial charge in [-0.2, -0.15) is 0 Å². The van der Waals surface area contributed by atoms with Gasteiger partial charge in [0.05, 0.1) is 0 Å². The van der Waals surface area contributed by atoms with Crippen molar-refractivity contribution in [1.82, 2.24) is 5.32 Å². The third-order valence-electron chi connectivity index (χ3n) is 3.32.